The number of Topliss-reactive ketones (excluding diaryl/α,β-unsaturated/α-hetero) is 1. The zero-order valence-corrected chi connectivity index (χ0v) is 19.7. The van der Waals surface area contributed by atoms with Gasteiger partial charge in [-0.2, -0.15) is 0 Å². The number of anilines is 1. The maximum atomic E-state index is 13.6. The lowest BCUT2D eigenvalue weighted by molar-refractivity contribution is -0.977. The van der Waals surface area contributed by atoms with Crippen LogP contribution in [0.5, 0.6) is 0 Å². The first-order chi connectivity index (χ1) is 16.5. The molecule has 4 heterocycles. The number of esters is 1. The largest absolute Gasteiger partial charge is 0.411 e. The molecule has 3 aliphatic heterocycles. The first-order valence-corrected chi connectivity index (χ1v) is 12.6. The van der Waals surface area contributed by atoms with Gasteiger partial charge in [-0.1, -0.05) is 36.4 Å². The molecule has 1 N–H and O–H groups in total. The molecule has 5 nitrogen and oxygen atoms in total. The summed E-state index contributed by atoms with van der Waals surface area (Å²) in [7, 11) is 0. The standard InChI is InChI=1S/C27H28FN2O3S/c28-21-8-10-22(11-9-21)29-26(20-5-2-1-3-6-20)27(32)33-25-17-19-12-14-30(25,15-13-19)18-23(31)24-7-4-16-34-24/h1-11,16,19,25-26,29H,12-15,17-18H2/q+1/t19?,25-,26?,30?/m1/s1. The van der Waals surface area contributed by atoms with Crippen LogP contribution < -0.4 is 5.32 Å². The van der Waals surface area contributed by atoms with Crippen molar-refractivity contribution in [2.24, 2.45) is 5.92 Å². The van der Waals surface area contributed by atoms with Crippen LogP contribution in [0.2, 0.25) is 0 Å². The van der Waals surface area contributed by atoms with Gasteiger partial charge in [-0.3, -0.25) is 9.28 Å². The molecule has 0 radical (unpaired) electrons. The van der Waals surface area contributed by atoms with Crippen molar-refractivity contribution in [3.05, 3.63) is 88.4 Å². The summed E-state index contributed by atoms with van der Waals surface area (Å²) < 4.78 is 20.1. The fourth-order valence-corrected chi connectivity index (χ4v) is 5.88. The van der Waals surface area contributed by atoms with Gasteiger partial charge in [-0.05, 0) is 47.2 Å². The number of hydrogen-bond donors (Lipinski definition) is 1. The van der Waals surface area contributed by atoms with E-state index in [1.807, 2.05) is 47.8 Å². The molecule has 1 aromatic heterocycles. The zero-order valence-electron chi connectivity index (χ0n) is 18.9. The highest BCUT2D eigenvalue weighted by atomic mass is 32.1. The van der Waals surface area contributed by atoms with Gasteiger partial charge in [0.05, 0.1) is 18.0 Å². The highest BCUT2D eigenvalue weighted by Gasteiger charge is 2.51. The molecular formula is C27H28FN2O3S+. The number of ketones is 1. The normalized spacial score (nSPS) is 24.4. The molecule has 0 aliphatic carbocycles. The highest BCUT2D eigenvalue weighted by Crippen LogP contribution is 2.40. The van der Waals surface area contributed by atoms with Crippen molar-refractivity contribution < 1.29 is 23.2 Å². The molecule has 2 bridgehead atoms. The first kappa shape index (κ1) is 22.7. The van der Waals surface area contributed by atoms with Crippen LogP contribution in [0, 0.1) is 11.7 Å². The molecule has 0 saturated carbocycles. The predicted octanol–water partition coefficient (Wildman–Crippen LogP) is 5.42. The van der Waals surface area contributed by atoms with Gasteiger partial charge in [0.2, 0.25) is 12.0 Å². The van der Waals surface area contributed by atoms with Gasteiger partial charge in [0, 0.05) is 24.9 Å². The number of carbonyl (C=O) groups is 2. The topological polar surface area (TPSA) is 55.4 Å². The van der Waals surface area contributed by atoms with Gasteiger partial charge in [0.1, 0.15) is 12.4 Å². The van der Waals surface area contributed by atoms with Crippen LogP contribution in [0.1, 0.15) is 40.5 Å². The molecular weight excluding hydrogens is 451 g/mol. The van der Waals surface area contributed by atoms with Crippen LogP contribution in [0.25, 0.3) is 0 Å². The van der Waals surface area contributed by atoms with Crippen LogP contribution in [-0.2, 0) is 9.53 Å². The Morgan fingerprint density at radius 1 is 1.03 bits per heavy atom. The second-order valence-electron chi connectivity index (χ2n) is 9.29. The number of nitrogens with zero attached hydrogens (tertiary/aromatic N) is 1. The van der Waals surface area contributed by atoms with E-state index < -0.39 is 6.04 Å². The van der Waals surface area contributed by atoms with Crippen LogP contribution >= 0.6 is 11.3 Å². The Bertz CT molecular complexity index is 1130. The Morgan fingerprint density at radius 2 is 1.76 bits per heavy atom. The molecule has 2 aromatic carbocycles. The Labute approximate surface area is 202 Å². The van der Waals surface area contributed by atoms with E-state index in [-0.39, 0.29) is 23.8 Å². The maximum absolute atomic E-state index is 13.6. The van der Waals surface area contributed by atoms with E-state index in [9.17, 15) is 14.0 Å². The number of thiophene rings is 1. The molecule has 0 spiro atoms. The SMILES string of the molecule is O=C(C[N+]12CCC(CC1)C[C@H]2OC(=O)C(Nc1ccc(F)cc1)c1ccccc1)c1cccs1. The molecule has 34 heavy (non-hydrogen) atoms. The summed E-state index contributed by atoms with van der Waals surface area (Å²) in [6, 6.07) is 18.4. The summed E-state index contributed by atoms with van der Waals surface area (Å²) in [4.78, 5) is 27.3. The van der Waals surface area contributed by atoms with Crippen LogP contribution in [-0.4, -0.2) is 42.1 Å². The Hall–Kier alpha value is -3.03. The maximum Gasteiger partial charge on any atom is 0.337 e. The van der Waals surface area contributed by atoms with E-state index in [0.29, 0.717) is 22.6 Å². The lowest BCUT2D eigenvalue weighted by atomic mass is 9.84. The van der Waals surface area contributed by atoms with Gasteiger partial charge >= 0.3 is 5.97 Å². The zero-order chi connectivity index (χ0) is 23.5. The van der Waals surface area contributed by atoms with Crippen molar-refractivity contribution in [2.75, 3.05) is 25.0 Å². The second kappa shape index (κ2) is 9.68. The molecule has 0 amide bonds. The average Bonchev–Trinajstić information content (AvgIpc) is 3.40. The first-order valence-electron chi connectivity index (χ1n) is 11.7. The van der Waals surface area contributed by atoms with Crippen molar-refractivity contribution >= 4 is 28.8 Å². The number of halogens is 1. The van der Waals surface area contributed by atoms with Gasteiger partial charge in [-0.25, -0.2) is 9.18 Å². The quantitative estimate of drug-likeness (QED) is 0.266. The Balaban J connectivity index is 1.37. The minimum atomic E-state index is -0.735. The lowest BCUT2D eigenvalue weighted by Crippen LogP contribution is -2.66. The minimum Gasteiger partial charge on any atom is -0.411 e. The molecule has 3 aromatic rings. The van der Waals surface area contributed by atoms with Gasteiger partial charge < -0.3 is 10.1 Å². The molecule has 2 atom stereocenters. The number of benzene rings is 2. The summed E-state index contributed by atoms with van der Waals surface area (Å²) in [5, 5.41) is 5.13. The third kappa shape index (κ3) is 4.76. The smallest absolute Gasteiger partial charge is 0.337 e. The van der Waals surface area contributed by atoms with Gasteiger partial charge in [0.15, 0.2) is 6.04 Å². The molecule has 3 saturated heterocycles. The molecule has 6 rings (SSSR count). The third-order valence-corrected chi connectivity index (χ3v) is 8.05. The summed E-state index contributed by atoms with van der Waals surface area (Å²) >= 11 is 1.46. The van der Waals surface area contributed by atoms with Gasteiger partial charge in [-0.15, -0.1) is 11.3 Å². The summed E-state index contributed by atoms with van der Waals surface area (Å²) in [5.41, 5.74) is 1.41. The van der Waals surface area contributed by atoms with E-state index >= 15 is 0 Å². The Kier molecular flexibility index (Phi) is 6.48. The summed E-state index contributed by atoms with van der Waals surface area (Å²) in [6.45, 7) is 2.05. The number of quaternary nitrogens is 1. The van der Waals surface area contributed by atoms with Crippen LogP contribution in [0.15, 0.2) is 72.1 Å². The van der Waals surface area contributed by atoms with Gasteiger partial charge in [0.25, 0.3) is 0 Å². The van der Waals surface area contributed by atoms with E-state index in [2.05, 4.69) is 5.32 Å². The number of rotatable bonds is 8. The summed E-state index contributed by atoms with van der Waals surface area (Å²) in [6.07, 6.45) is 2.55. The Morgan fingerprint density at radius 3 is 2.44 bits per heavy atom. The lowest BCUT2D eigenvalue weighted by Gasteiger charge is -2.52. The molecule has 3 fully saturated rings. The fraction of sp³-hybridized carbons (Fsp3) is 0.333. The van der Waals surface area contributed by atoms with E-state index in [0.717, 1.165) is 42.8 Å². The van der Waals surface area contributed by atoms with E-state index in [1.54, 1.807) is 12.1 Å². The summed E-state index contributed by atoms with van der Waals surface area (Å²) in [5.74, 6) is -0.0817. The second-order valence-corrected chi connectivity index (χ2v) is 10.2. The average molecular weight is 480 g/mol. The molecule has 7 heteroatoms. The molecule has 176 valence electrons. The highest BCUT2D eigenvalue weighted by molar-refractivity contribution is 7.12. The fourth-order valence-electron chi connectivity index (χ4n) is 5.23. The van der Waals surface area contributed by atoms with Crippen molar-refractivity contribution in [3.8, 4) is 0 Å². The van der Waals surface area contributed by atoms with E-state index in [4.69, 9.17) is 4.74 Å². The van der Waals surface area contributed by atoms with Crippen molar-refractivity contribution in [1.82, 2.24) is 0 Å². The van der Waals surface area contributed by atoms with Crippen molar-refractivity contribution in [3.63, 3.8) is 0 Å². The minimum absolute atomic E-state index is 0.112. The number of nitrogens with one attached hydrogen (secondary N) is 1. The number of fused-ring (bicyclic) bond motifs is 3. The number of ether oxygens (including phenoxy) is 1. The molecule has 1 unspecified atom stereocenters. The van der Waals surface area contributed by atoms with Crippen LogP contribution in [0.3, 0.4) is 0 Å². The van der Waals surface area contributed by atoms with Crippen molar-refractivity contribution in [2.45, 2.75) is 31.5 Å². The van der Waals surface area contributed by atoms with Crippen molar-refractivity contribution in [1.29, 1.82) is 0 Å². The third-order valence-electron chi connectivity index (χ3n) is 7.14. The predicted molar refractivity (Wildman–Crippen MR) is 130 cm³/mol. The number of piperidine rings is 3. The number of hydrogen-bond acceptors (Lipinski definition) is 5. The number of carbonyl (C=O) groups excluding carboxylic acids is 2. The molecule has 3 aliphatic rings. The van der Waals surface area contributed by atoms with E-state index in [1.165, 1.54) is 23.5 Å². The monoisotopic (exact) mass is 479 g/mol. The van der Waals surface area contributed by atoms with Crippen LogP contribution in [0.4, 0.5) is 10.1 Å².